The van der Waals surface area contributed by atoms with Gasteiger partial charge in [-0.05, 0) is 12.1 Å². The first kappa shape index (κ1) is 9.13. The molecule has 0 atom stereocenters. The molecule has 0 amide bonds. The van der Waals surface area contributed by atoms with Crippen molar-refractivity contribution in [1.29, 1.82) is 0 Å². The van der Waals surface area contributed by atoms with E-state index in [0.29, 0.717) is 6.61 Å². The smallest absolute Gasteiger partial charge is 0.138 e. The van der Waals surface area contributed by atoms with Gasteiger partial charge in [0.15, 0.2) is 0 Å². The topological polar surface area (TPSA) is 22.1 Å². The molecule has 0 aromatic carbocycles. The van der Waals surface area contributed by atoms with E-state index in [1.807, 2.05) is 24.3 Å². The van der Waals surface area contributed by atoms with E-state index < -0.39 is 0 Å². The van der Waals surface area contributed by atoms with Crippen LogP contribution in [0.2, 0.25) is 0 Å². The van der Waals surface area contributed by atoms with E-state index in [-0.39, 0.29) is 0 Å². The summed E-state index contributed by atoms with van der Waals surface area (Å²) < 4.78 is 5.32. The van der Waals surface area contributed by atoms with Crippen LogP contribution < -0.4 is 4.74 Å². The van der Waals surface area contributed by atoms with Crippen molar-refractivity contribution >= 4 is 12.6 Å². The van der Waals surface area contributed by atoms with Gasteiger partial charge in [0.2, 0.25) is 0 Å². The number of aromatic nitrogens is 1. The molecule has 0 unspecified atom stereocenters. The molecule has 12 heavy (non-hydrogen) atoms. The van der Waals surface area contributed by atoms with Crippen LogP contribution in [-0.2, 0) is 0 Å². The zero-order valence-electron chi connectivity index (χ0n) is 6.68. The van der Waals surface area contributed by atoms with Crippen LogP contribution >= 0.6 is 12.6 Å². The first-order valence-electron chi connectivity index (χ1n) is 3.72. The Morgan fingerprint density at radius 2 is 2.42 bits per heavy atom. The summed E-state index contributed by atoms with van der Waals surface area (Å²) in [5.74, 6) is 1.54. The van der Waals surface area contributed by atoms with Crippen LogP contribution in [0.1, 0.15) is 0 Å². The van der Waals surface area contributed by atoms with Gasteiger partial charge in [-0.1, -0.05) is 12.2 Å². The normalized spacial score (nSPS) is 10.4. The molecular formula is C9H11NOS. The fraction of sp³-hybridized carbons (Fsp3) is 0.222. The molecule has 0 N–H and O–H groups in total. The zero-order valence-corrected chi connectivity index (χ0v) is 7.58. The standard InChI is InChI=1S/C9H11NOS/c12-7-2-1-6-11-9-4-3-5-10-8-9/h1-5,8,12H,6-7H2. The molecule has 0 fully saturated rings. The Morgan fingerprint density at radius 3 is 3.08 bits per heavy atom. The molecule has 0 saturated heterocycles. The molecule has 0 aliphatic heterocycles. The van der Waals surface area contributed by atoms with Crippen LogP contribution in [0.4, 0.5) is 0 Å². The molecule has 0 saturated carbocycles. The molecule has 1 aromatic heterocycles. The third kappa shape index (κ3) is 3.44. The van der Waals surface area contributed by atoms with Crippen LogP contribution in [0, 0.1) is 0 Å². The van der Waals surface area contributed by atoms with Crippen LogP contribution in [-0.4, -0.2) is 17.3 Å². The fourth-order valence-corrected chi connectivity index (χ4v) is 0.868. The molecule has 2 nitrogen and oxygen atoms in total. The number of rotatable bonds is 4. The summed E-state index contributed by atoms with van der Waals surface area (Å²) in [6.45, 7) is 0.576. The van der Waals surface area contributed by atoms with E-state index in [1.54, 1.807) is 12.4 Å². The quantitative estimate of drug-likeness (QED) is 0.566. The Labute approximate surface area is 77.7 Å². The summed E-state index contributed by atoms with van der Waals surface area (Å²) in [5.41, 5.74) is 0. The lowest BCUT2D eigenvalue weighted by Crippen LogP contribution is -1.93. The molecule has 1 heterocycles. The van der Waals surface area contributed by atoms with Crippen molar-refractivity contribution in [2.24, 2.45) is 0 Å². The number of nitrogens with zero attached hydrogens (tertiary/aromatic N) is 1. The largest absolute Gasteiger partial charge is 0.488 e. The summed E-state index contributed by atoms with van der Waals surface area (Å²) in [6, 6.07) is 3.72. The lowest BCUT2D eigenvalue weighted by molar-refractivity contribution is 0.361. The second-order valence-electron chi connectivity index (χ2n) is 2.15. The molecular weight excluding hydrogens is 170 g/mol. The number of hydrogen-bond donors (Lipinski definition) is 1. The Morgan fingerprint density at radius 1 is 1.50 bits per heavy atom. The van der Waals surface area contributed by atoms with Gasteiger partial charge >= 0.3 is 0 Å². The van der Waals surface area contributed by atoms with E-state index in [9.17, 15) is 0 Å². The highest BCUT2D eigenvalue weighted by atomic mass is 32.1. The van der Waals surface area contributed by atoms with Crippen molar-refractivity contribution in [3.63, 3.8) is 0 Å². The number of pyridine rings is 1. The highest BCUT2D eigenvalue weighted by Crippen LogP contribution is 2.05. The van der Waals surface area contributed by atoms with Crippen molar-refractivity contribution in [1.82, 2.24) is 4.98 Å². The second-order valence-corrected chi connectivity index (χ2v) is 2.52. The van der Waals surface area contributed by atoms with Gasteiger partial charge in [-0.25, -0.2) is 0 Å². The van der Waals surface area contributed by atoms with E-state index in [0.717, 1.165) is 11.5 Å². The van der Waals surface area contributed by atoms with Gasteiger partial charge in [0.25, 0.3) is 0 Å². The Kier molecular flexibility index (Phi) is 4.31. The van der Waals surface area contributed by atoms with Crippen LogP contribution in [0.5, 0.6) is 5.75 Å². The summed E-state index contributed by atoms with van der Waals surface area (Å²) in [5, 5.41) is 0. The summed E-state index contributed by atoms with van der Waals surface area (Å²) in [4.78, 5) is 3.92. The Balaban J connectivity index is 2.29. The summed E-state index contributed by atoms with van der Waals surface area (Å²) in [7, 11) is 0. The third-order valence-corrected chi connectivity index (χ3v) is 1.46. The minimum atomic E-state index is 0.576. The van der Waals surface area contributed by atoms with Gasteiger partial charge < -0.3 is 4.74 Å². The predicted molar refractivity (Wildman–Crippen MR) is 52.7 cm³/mol. The fourth-order valence-electron chi connectivity index (χ4n) is 0.719. The lowest BCUT2D eigenvalue weighted by atomic mass is 10.4. The van der Waals surface area contributed by atoms with Crippen LogP contribution in [0.25, 0.3) is 0 Å². The zero-order chi connectivity index (χ0) is 8.65. The van der Waals surface area contributed by atoms with E-state index >= 15 is 0 Å². The minimum Gasteiger partial charge on any atom is -0.488 e. The van der Waals surface area contributed by atoms with Crippen molar-refractivity contribution in [3.05, 3.63) is 36.7 Å². The Hall–Kier alpha value is -0.960. The molecule has 0 radical (unpaired) electrons. The van der Waals surface area contributed by atoms with Gasteiger partial charge in [0.05, 0.1) is 6.20 Å². The molecule has 64 valence electrons. The molecule has 0 bridgehead atoms. The van der Waals surface area contributed by atoms with Gasteiger partial charge in [-0.2, -0.15) is 12.6 Å². The highest BCUT2D eigenvalue weighted by molar-refractivity contribution is 7.80. The van der Waals surface area contributed by atoms with Crippen molar-refractivity contribution in [2.75, 3.05) is 12.4 Å². The number of thiol groups is 1. The maximum absolute atomic E-state index is 5.32. The molecule has 3 heteroatoms. The van der Waals surface area contributed by atoms with E-state index in [2.05, 4.69) is 17.6 Å². The van der Waals surface area contributed by atoms with Crippen molar-refractivity contribution < 1.29 is 4.74 Å². The van der Waals surface area contributed by atoms with Crippen molar-refractivity contribution in [2.45, 2.75) is 0 Å². The van der Waals surface area contributed by atoms with Gasteiger partial charge in [0.1, 0.15) is 12.4 Å². The average molecular weight is 181 g/mol. The molecule has 1 rings (SSSR count). The monoisotopic (exact) mass is 181 g/mol. The minimum absolute atomic E-state index is 0.576. The molecule has 0 aliphatic rings. The van der Waals surface area contributed by atoms with E-state index in [4.69, 9.17) is 4.74 Å². The van der Waals surface area contributed by atoms with Gasteiger partial charge in [-0.15, -0.1) is 0 Å². The molecule has 0 spiro atoms. The number of hydrogen-bond acceptors (Lipinski definition) is 3. The van der Waals surface area contributed by atoms with E-state index in [1.165, 1.54) is 0 Å². The Bertz CT molecular complexity index is 236. The maximum atomic E-state index is 5.32. The maximum Gasteiger partial charge on any atom is 0.138 e. The second kappa shape index (κ2) is 5.66. The SMILES string of the molecule is SCC=CCOc1cccnc1. The van der Waals surface area contributed by atoms with Crippen molar-refractivity contribution in [3.8, 4) is 5.75 Å². The molecule has 0 aliphatic carbocycles. The van der Waals surface area contributed by atoms with Crippen LogP contribution in [0.15, 0.2) is 36.7 Å². The molecule has 1 aromatic rings. The van der Waals surface area contributed by atoms with Gasteiger partial charge in [-0.3, -0.25) is 4.98 Å². The summed E-state index contributed by atoms with van der Waals surface area (Å²) in [6.07, 6.45) is 7.28. The van der Waals surface area contributed by atoms with Crippen LogP contribution in [0.3, 0.4) is 0 Å². The predicted octanol–water partition coefficient (Wildman–Crippen LogP) is 1.95. The average Bonchev–Trinajstić information content (AvgIpc) is 2.14. The lowest BCUT2D eigenvalue weighted by Gasteiger charge is -2.00. The first-order valence-corrected chi connectivity index (χ1v) is 4.35. The number of ether oxygens (including phenoxy) is 1. The van der Waals surface area contributed by atoms with Gasteiger partial charge in [0, 0.05) is 11.9 Å². The summed E-state index contributed by atoms with van der Waals surface area (Å²) >= 11 is 4.03. The third-order valence-electron chi connectivity index (χ3n) is 1.25. The first-order chi connectivity index (χ1) is 5.93. The highest BCUT2D eigenvalue weighted by Gasteiger charge is 1.87.